The van der Waals surface area contributed by atoms with E-state index in [1.807, 2.05) is 0 Å². The van der Waals surface area contributed by atoms with Gasteiger partial charge in [-0.2, -0.15) is 0 Å². The number of benzene rings is 2. The normalized spacial score (nSPS) is 11.9. The highest BCUT2D eigenvalue weighted by molar-refractivity contribution is 5.94. The minimum absolute atomic E-state index is 0.150. The molecule has 8 heteroatoms. The lowest BCUT2D eigenvalue weighted by Crippen LogP contribution is -2.20. The Hall–Kier alpha value is -3.68. The molecule has 28 heavy (non-hydrogen) atoms. The van der Waals surface area contributed by atoms with Crippen molar-refractivity contribution in [1.29, 1.82) is 0 Å². The molecule has 0 atom stereocenters. The van der Waals surface area contributed by atoms with Crippen LogP contribution < -0.4 is 24.3 Å². The average molecular weight is 385 g/mol. The van der Waals surface area contributed by atoms with Crippen LogP contribution in [0.2, 0.25) is 0 Å². The zero-order chi connectivity index (χ0) is 19.9. The summed E-state index contributed by atoms with van der Waals surface area (Å²) >= 11 is 0. The van der Waals surface area contributed by atoms with Crippen LogP contribution in [0, 0.1) is 0 Å². The highest BCUT2D eigenvalue weighted by Gasteiger charge is 2.14. The van der Waals surface area contributed by atoms with Gasteiger partial charge in [0.1, 0.15) is 0 Å². The van der Waals surface area contributed by atoms with E-state index in [0.717, 1.165) is 5.56 Å². The first kappa shape index (κ1) is 19.1. The van der Waals surface area contributed by atoms with Crippen molar-refractivity contribution in [2.75, 3.05) is 32.9 Å². The maximum Gasteiger partial charge on any atom is 0.331 e. The van der Waals surface area contributed by atoms with Gasteiger partial charge in [0.05, 0.1) is 14.2 Å². The number of ether oxygens (including phenoxy) is 5. The summed E-state index contributed by atoms with van der Waals surface area (Å²) < 4.78 is 25.7. The number of carbonyl (C=O) groups excluding carboxylic acids is 2. The van der Waals surface area contributed by atoms with E-state index >= 15 is 0 Å². The summed E-state index contributed by atoms with van der Waals surface area (Å²) in [7, 11) is 3.07. The molecule has 1 N–H and O–H groups in total. The molecule has 8 nitrogen and oxygen atoms in total. The summed E-state index contributed by atoms with van der Waals surface area (Å²) in [6.45, 7) is -0.264. The predicted octanol–water partition coefficient (Wildman–Crippen LogP) is 2.63. The Labute approximate surface area is 161 Å². The van der Waals surface area contributed by atoms with E-state index in [0.29, 0.717) is 28.7 Å². The van der Waals surface area contributed by atoms with E-state index in [1.54, 1.807) is 49.6 Å². The SMILES string of the molecule is COc1ccc(C=CC(=O)OCC(=O)Nc2ccc3c(c2)OCO3)cc1OC. The molecular weight excluding hydrogens is 366 g/mol. The van der Waals surface area contributed by atoms with E-state index in [2.05, 4.69) is 5.32 Å². The number of hydrogen-bond donors (Lipinski definition) is 1. The number of rotatable bonds is 7. The van der Waals surface area contributed by atoms with E-state index in [-0.39, 0.29) is 6.79 Å². The number of esters is 1. The first-order valence-electron chi connectivity index (χ1n) is 8.35. The van der Waals surface area contributed by atoms with Gasteiger partial charge < -0.3 is 29.0 Å². The number of anilines is 1. The van der Waals surface area contributed by atoms with Crippen LogP contribution in [0.1, 0.15) is 5.56 Å². The molecule has 1 aliphatic rings. The fourth-order valence-electron chi connectivity index (χ4n) is 2.48. The first-order chi connectivity index (χ1) is 13.6. The zero-order valence-corrected chi connectivity index (χ0v) is 15.4. The van der Waals surface area contributed by atoms with Crippen LogP contribution >= 0.6 is 0 Å². The second-order valence-corrected chi connectivity index (χ2v) is 5.67. The van der Waals surface area contributed by atoms with Gasteiger partial charge in [-0.15, -0.1) is 0 Å². The maximum atomic E-state index is 11.9. The molecule has 0 fully saturated rings. The molecule has 0 bridgehead atoms. The van der Waals surface area contributed by atoms with Crippen molar-refractivity contribution in [3.8, 4) is 23.0 Å². The maximum absolute atomic E-state index is 11.9. The topological polar surface area (TPSA) is 92.3 Å². The minimum Gasteiger partial charge on any atom is -0.493 e. The van der Waals surface area contributed by atoms with Crippen molar-refractivity contribution in [3.63, 3.8) is 0 Å². The molecule has 0 radical (unpaired) electrons. The lowest BCUT2D eigenvalue weighted by Gasteiger charge is -2.07. The van der Waals surface area contributed by atoms with Gasteiger partial charge >= 0.3 is 5.97 Å². The minimum atomic E-state index is -0.643. The fourth-order valence-corrected chi connectivity index (χ4v) is 2.48. The number of amides is 1. The van der Waals surface area contributed by atoms with E-state index in [4.69, 9.17) is 23.7 Å². The molecular formula is C20H19NO7. The quantitative estimate of drug-likeness (QED) is 0.579. The van der Waals surface area contributed by atoms with Crippen molar-refractivity contribution in [3.05, 3.63) is 48.0 Å². The lowest BCUT2D eigenvalue weighted by atomic mass is 10.2. The molecule has 0 unspecified atom stereocenters. The van der Waals surface area contributed by atoms with Gasteiger partial charge in [0.25, 0.3) is 5.91 Å². The molecule has 2 aromatic rings. The Kier molecular flexibility index (Phi) is 6.01. The second-order valence-electron chi connectivity index (χ2n) is 5.67. The zero-order valence-electron chi connectivity index (χ0n) is 15.4. The fraction of sp³-hybridized carbons (Fsp3) is 0.200. The number of carbonyl (C=O) groups is 2. The Balaban J connectivity index is 1.49. The summed E-state index contributed by atoms with van der Waals surface area (Å²) in [5.74, 6) is 1.18. The van der Waals surface area contributed by atoms with Crippen molar-refractivity contribution in [1.82, 2.24) is 0 Å². The standard InChI is InChI=1S/C20H19NO7/c1-24-15-6-3-13(9-17(15)25-2)4-8-20(23)26-11-19(22)21-14-5-7-16-18(10-14)28-12-27-16/h3-10H,11-12H2,1-2H3,(H,21,22). The summed E-state index contributed by atoms with van der Waals surface area (Å²) in [6.07, 6.45) is 2.79. The molecule has 0 aromatic heterocycles. The lowest BCUT2D eigenvalue weighted by molar-refractivity contribution is -0.142. The highest BCUT2D eigenvalue weighted by atomic mass is 16.7. The third-order valence-corrected chi connectivity index (χ3v) is 3.82. The molecule has 2 aromatic carbocycles. The number of nitrogens with one attached hydrogen (secondary N) is 1. The van der Waals surface area contributed by atoms with Gasteiger partial charge in [0.15, 0.2) is 29.6 Å². The van der Waals surface area contributed by atoms with Crippen LogP contribution in [0.15, 0.2) is 42.5 Å². The first-order valence-corrected chi connectivity index (χ1v) is 8.35. The van der Waals surface area contributed by atoms with Crippen LogP contribution in [0.4, 0.5) is 5.69 Å². The van der Waals surface area contributed by atoms with Crippen molar-refractivity contribution in [2.24, 2.45) is 0 Å². The van der Waals surface area contributed by atoms with Crippen LogP contribution in [0.5, 0.6) is 23.0 Å². The Morgan fingerprint density at radius 3 is 2.61 bits per heavy atom. The smallest absolute Gasteiger partial charge is 0.331 e. The van der Waals surface area contributed by atoms with Crippen LogP contribution in [-0.4, -0.2) is 39.5 Å². The molecule has 0 saturated heterocycles. The van der Waals surface area contributed by atoms with Crippen molar-refractivity contribution in [2.45, 2.75) is 0 Å². The molecule has 1 aliphatic heterocycles. The summed E-state index contributed by atoms with van der Waals surface area (Å²) in [6, 6.07) is 10.2. The third-order valence-electron chi connectivity index (χ3n) is 3.82. The summed E-state index contributed by atoms with van der Waals surface area (Å²) in [5.41, 5.74) is 1.24. The van der Waals surface area contributed by atoms with Gasteiger partial charge in [-0.1, -0.05) is 6.07 Å². The Bertz CT molecular complexity index is 907. The van der Waals surface area contributed by atoms with E-state index < -0.39 is 18.5 Å². The highest BCUT2D eigenvalue weighted by Crippen LogP contribution is 2.34. The molecule has 146 valence electrons. The molecule has 0 spiro atoms. The Morgan fingerprint density at radius 1 is 1.04 bits per heavy atom. The van der Waals surface area contributed by atoms with Crippen molar-refractivity contribution < 1.29 is 33.3 Å². The average Bonchev–Trinajstić information content (AvgIpc) is 3.18. The number of hydrogen-bond acceptors (Lipinski definition) is 7. The Morgan fingerprint density at radius 2 is 1.82 bits per heavy atom. The van der Waals surface area contributed by atoms with Gasteiger partial charge in [0, 0.05) is 17.8 Å². The summed E-state index contributed by atoms with van der Waals surface area (Å²) in [4.78, 5) is 23.8. The van der Waals surface area contributed by atoms with Crippen molar-refractivity contribution >= 4 is 23.6 Å². The largest absolute Gasteiger partial charge is 0.493 e. The van der Waals surface area contributed by atoms with Crippen LogP contribution in [0.3, 0.4) is 0 Å². The van der Waals surface area contributed by atoms with Crippen LogP contribution in [-0.2, 0) is 14.3 Å². The molecule has 1 heterocycles. The number of methoxy groups -OCH3 is 2. The van der Waals surface area contributed by atoms with Crippen LogP contribution in [0.25, 0.3) is 6.08 Å². The van der Waals surface area contributed by atoms with Gasteiger partial charge in [-0.05, 0) is 35.9 Å². The number of fused-ring (bicyclic) bond motifs is 1. The monoisotopic (exact) mass is 385 g/mol. The molecule has 0 aliphatic carbocycles. The molecule has 3 rings (SSSR count). The van der Waals surface area contributed by atoms with E-state index in [1.165, 1.54) is 13.2 Å². The molecule has 0 saturated carbocycles. The van der Waals surface area contributed by atoms with E-state index in [9.17, 15) is 9.59 Å². The van der Waals surface area contributed by atoms with Gasteiger partial charge in [-0.25, -0.2) is 4.79 Å². The van der Waals surface area contributed by atoms with Gasteiger partial charge in [-0.3, -0.25) is 4.79 Å². The predicted molar refractivity (Wildman–Crippen MR) is 101 cm³/mol. The second kappa shape index (κ2) is 8.81. The third kappa shape index (κ3) is 4.73. The molecule has 1 amide bonds. The van der Waals surface area contributed by atoms with Gasteiger partial charge in [0.2, 0.25) is 6.79 Å². The summed E-state index contributed by atoms with van der Waals surface area (Å²) in [5, 5.41) is 2.62.